The fourth-order valence-electron chi connectivity index (χ4n) is 6.33. The molecule has 0 spiro atoms. The van der Waals surface area contributed by atoms with E-state index in [9.17, 15) is 15.0 Å². The molecule has 0 aromatic carbocycles. The molecule has 3 N–H and O–H groups in total. The van der Waals surface area contributed by atoms with Gasteiger partial charge >= 0.3 is 0 Å². The third-order valence-corrected chi connectivity index (χ3v) is 9.62. The van der Waals surface area contributed by atoms with Crippen molar-refractivity contribution in [3.05, 3.63) is 36.5 Å². The lowest BCUT2D eigenvalue weighted by Gasteiger charge is -2.20. The Bertz CT molecular complexity index is 731. The summed E-state index contributed by atoms with van der Waals surface area (Å²) in [6.07, 6.45) is 52.7. The highest BCUT2D eigenvalue weighted by Crippen LogP contribution is 2.15. The fraction of sp³-hybridized carbons (Fsp3) is 0.841. The summed E-state index contributed by atoms with van der Waals surface area (Å²) >= 11 is 0. The van der Waals surface area contributed by atoms with E-state index in [0.717, 1.165) is 32.1 Å². The van der Waals surface area contributed by atoms with Crippen molar-refractivity contribution >= 4 is 5.91 Å². The van der Waals surface area contributed by atoms with Gasteiger partial charge in [0.1, 0.15) is 0 Å². The van der Waals surface area contributed by atoms with Crippen LogP contribution in [0.3, 0.4) is 0 Å². The van der Waals surface area contributed by atoms with Crippen LogP contribution in [0.5, 0.6) is 0 Å². The van der Waals surface area contributed by atoms with E-state index in [1.54, 1.807) is 6.08 Å². The molecule has 0 rings (SSSR count). The lowest BCUT2D eigenvalue weighted by Crippen LogP contribution is -2.45. The first-order valence-corrected chi connectivity index (χ1v) is 21.2. The van der Waals surface area contributed by atoms with Crippen molar-refractivity contribution in [1.29, 1.82) is 0 Å². The molecule has 2 unspecified atom stereocenters. The molecule has 0 aromatic heterocycles. The molecule has 0 radical (unpaired) electrons. The number of carbonyl (C=O) groups is 1. The molecule has 0 aliphatic carbocycles. The highest BCUT2D eigenvalue weighted by molar-refractivity contribution is 5.76. The second kappa shape index (κ2) is 40.0. The molecule has 2 atom stereocenters. The summed E-state index contributed by atoms with van der Waals surface area (Å²) in [7, 11) is 0. The third-order valence-electron chi connectivity index (χ3n) is 9.62. The molecule has 4 nitrogen and oxygen atoms in total. The number of allylic oxidation sites excluding steroid dienone is 5. The Labute approximate surface area is 300 Å². The number of hydrogen-bond acceptors (Lipinski definition) is 3. The quantitative estimate of drug-likeness (QED) is 0.0451. The molecule has 0 heterocycles. The summed E-state index contributed by atoms with van der Waals surface area (Å²) in [6, 6.07) is -0.617. The summed E-state index contributed by atoms with van der Waals surface area (Å²) in [5.74, 6) is -0.0676. The van der Waals surface area contributed by atoms with E-state index < -0.39 is 12.1 Å². The minimum absolute atomic E-state index is 0.0676. The van der Waals surface area contributed by atoms with E-state index in [1.807, 2.05) is 6.08 Å². The summed E-state index contributed by atoms with van der Waals surface area (Å²) in [5, 5.41) is 22.7. The first-order chi connectivity index (χ1) is 23.7. The van der Waals surface area contributed by atoms with Crippen molar-refractivity contribution in [3.63, 3.8) is 0 Å². The van der Waals surface area contributed by atoms with Crippen LogP contribution < -0.4 is 5.32 Å². The van der Waals surface area contributed by atoms with E-state index in [-0.39, 0.29) is 12.5 Å². The summed E-state index contributed by atoms with van der Waals surface area (Å²) in [6.45, 7) is 4.24. The van der Waals surface area contributed by atoms with Crippen molar-refractivity contribution < 1.29 is 15.0 Å². The molecular weight excluding hydrogens is 590 g/mol. The number of unbranched alkanes of at least 4 members (excludes halogenated alkanes) is 27. The zero-order valence-corrected chi connectivity index (χ0v) is 32.3. The summed E-state index contributed by atoms with van der Waals surface area (Å²) < 4.78 is 0. The van der Waals surface area contributed by atoms with Gasteiger partial charge in [0.2, 0.25) is 5.91 Å². The smallest absolute Gasteiger partial charge is 0.220 e. The van der Waals surface area contributed by atoms with Crippen LogP contribution in [0.2, 0.25) is 0 Å². The maximum Gasteiger partial charge on any atom is 0.220 e. The topological polar surface area (TPSA) is 69.6 Å². The standard InChI is InChI=1S/C44H83NO3/c1-3-5-7-9-11-12-13-14-15-16-17-18-19-20-21-22-23-24-25-26-27-28-29-30-31-32-34-36-38-40-44(48)45-42(41-46)43(47)39-37-35-33-10-8-6-4-2/h13-14,16-17,37,39,42-43,46-47H,3-12,15,18-36,38,40-41H2,1-2H3,(H,45,48)/b14-13-,17-16-,39-37+. The van der Waals surface area contributed by atoms with Crippen LogP contribution in [0.15, 0.2) is 36.5 Å². The van der Waals surface area contributed by atoms with Crippen molar-refractivity contribution in [1.82, 2.24) is 5.32 Å². The van der Waals surface area contributed by atoms with Crippen molar-refractivity contribution in [2.75, 3.05) is 6.61 Å². The highest BCUT2D eigenvalue weighted by atomic mass is 16.3. The number of carbonyl (C=O) groups excluding carboxylic acids is 1. The van der Waals surface area contributed by atoms with E-state index in [1.165, 1.54) is 167 Å². The lowest BCUT2D eigenvalue weighted by molar-refractivity contribution is -0.123. The monoisotopic (exact) mass is 674 g/mol. The average Bonchev–Trinajstić information content (AvgIpc) is 3.09. The first-order valence-electron chi connectivity index (χ1n) is 21.2. The van der Waals surface area contributed by atoms with Crippen molar-refractivity contribution in [2.24, 2.45) is 0 Å². The molecule has 4 heteroatoms. The summed E-state index contributed by atoms with van der Waals surface area (Å²) in [4.78, 5) is 12.3. The van der Waals surface area contributed by atoms with Gasteiger partial charge in [0.05, 0.1) is 18.8 Å². The zero-order valence-electron chi connectivity index (χ0n) is 32.3. The number of nitrogens with one attached hydrogen (secondary N) is 1. The Morgan fingerprint density at radius 1 is 0.500 bits per heavy atom. The van der Waals surface area contributed by atoms with Crippen LogP contribution in [0.1, 0.15) is 219 Å². The van der Waals surface area contributed by atoms with Gasteiger partial charge in [-0.1, -0.05) is 198 Å². The molecule has 0 fully saturated rings. The fourth-order valence-corrected chi connectivity index (χ4v) is 6.33. The Kier molecular flexibility index (Phi) is 38.9. The Balaban J connectivity index is 3.42. The van der Waals surface area contributed by atoms with Crippen LogP contribution >= 0.6 is 0 Å². The molecular formula is C44H83NO3. The Morgan fingerprint density at radius 3 is 1.25 bits per heavy atom. The molecule has 282 valence electrons. The molecule has 48 heavy (non-hydrogen) atoms. The lowest BCUT2D eigenvalue weighted by atomic mass is 10.0. The van der Waals surface area contributed by atoms with Gasteiger partial charge in [-0.25, -0.2) is 0 Å². The third kappa shape index (κ3) is 35.9. The largest absolute Gasteiger partial charge is 0.394 e. The SMILES string of the molecule is CCCCCCC/C=C\C/C=C\CCCCCCCCCCCCCCCCCCCC(=O)NC(CO)C(O)/C=C/CCCCCCC. The first kappa shape index (κ1) is 46.6. The van der Waals surface area contributed by atoms with Crippen LogP contribution in [0.25, 0.3) is 0 Å². The van der Waals surface area contributed by atoms with Gasteiger partial charge in [-0.2, -0.15) is 0 Å². The van der Waals surface area contributed by atoms with E-state index in [0.29, 0.717) is 6.42 Å². The number of aliphatic hydroxyl groups is 2. The number of aliphatic hydroxyl groups excluding tert-OH is 2. The van der Waals surface area contributed by atoms with Crippen LogP contribution in [-0.4, -0.2) is 34.9 Å². The van der Waals surface area contributed by atoms with Gasteiger partial charge in [-0.3, -0.25) is 4.79 Å². The van der Waals surface area contributed by atoms with Crippen molar-refractivity contribution in [2.45, 2.75) is 231 Å². The van der Waals surface area contributed by atoms with Crippen molar-refractivity contribution in [3.8, 4) is 0 Å². The maximum absolute atomic E-state index is 12.3. The number of rotatable bonds is 38. The molecule has 1 amide bonds. The van der Waals surface area contributed by atoms with E-state index in [2.05, 4.69) is 43.5 Å². The molecule has 0 aromatic rings. The Morgan fingerprint density at radius 2 is 0.854 bits per heavy atom. The predicted octanol–water partition coefficient (Wildman–Crippen LogP) is 13.0. The molecule has 0 aliphatic rings. The summed E-state index contributed by atoms with van der Waals surface area (Å²) in [5.41, 5.74) is 0. The van der Waals surface area contributed by atoms with Gasteiger partial charge in [0.15, 0.2) is 0 Å². The van der Waals surface area contributed by atoms with E-state index >= 15 is 0 Å². The van der Waals surface area contributed by atoms with Crippen LogP contribution in [0.4, 0.5) is 0 Å². The molecule has 0 saturated heterocycles. The predicted molar refractivity (Wildman–Crippen MR) is 212 cm³/mol. The second-order valence-corrected chi connectivity index (χ2v) is 14.4. The second-order valence-electron chi connectivity index (χ2n) is 14.4. The van der Waals surface area contributed by atoms with Gasteiger partial charge in [-0.15, -0.1) is 0 Å². The number of hydrogen-bond donors (Lipinski definition) is 3. The van der Waals surface area contributed by atoms with Gasteiger partial charge in [0.25, 0.3) is 0 Å². The molecule has 0 saturated carbocycles. The molecule has 0 bridgehead atoms. The number of amides is 1. The maximum atomic E-state index is 12.3. The van der Waals surface area contributed by atoms with Crippen LogP contribution in [-0.2, 0) is 4.79 Å². The van der Waals surface area contributed by atoms with Crippen LogP contribution in [0, 0.1) is 0 Å². The van der Waals surface area contributed by atoms with E-state index in [4.69, 9.17) is 0 Å². The zero-order chi connectivity index (χ0) is 35.0. The minimum Gasteiger partial charge on any atom is -0.394 e. The highest BCUT2D eigenvalue weighted by Gasteiger charge is 2.17. The average molecular weight is 674 g/mol. The Hall–Kier alpha value is -1.39. The van der Waals surface area contributed by atoms with Gasteiger partial charge in [0, 0.05) is 6.42 Å². The van der Waals surface area contributed by atoms with Gasteiger partial charge in [-0.05, 0) is 51.4 Å². The molecule has 0 aliphatic heterocycles. The minimum atomic E-state index is -0.833. The normalized spacial score (nSPS) is 13.3. The van der Waals surface area contributed by atoms with Gasteiger partial charge < -0.3 is 15.5 Å².